The van der Waals surface area contributed by atoms with Crippen molar-refractivity contribution in [1.29, 1.82) is 0 Å². The smallest absolute Gasteiger partial charge is 0.184 e. The molecule has 3 heteroatoms. The average molecular weight is 276 g/mol. The molecule has 2 atom stereocenters. The van der Waals surface area contributed by atoms with Crippen LogP contribution in [-0.2, 0) is 9.47 Å². The Balaban J connectivity index is 1.52. The van der Waals surface area contributed by atoms with Crippen LogP contribution in [0.15, 0.2) is 24.3 Å². The molecule has 3 rings (SSSR count). The van der Waals surface area contributed by atoms with E-state index >= 15 is 0 Å². The van der Waals surface area contributed by atoms with E-state index in [4.69, 9.17) is 14.2 Å². The summed E-state index contributed by atoms with van der Waals surface area (Å²) in [6.07, 6.45) is 8.15. The van der Waals surface area contributed by atoms with Gasteiger partial charge < -0.3 is 14.2 Å². The van der Waals surface area contributed by atoms with Gasteiger partial charge in [0, 0.05) is 5.56 Å². The van der Waals surface area contributed by atoms with Gasteiger partial charge in [-0.3, -0.25) is 0 Å². The monoisotopic (exact) mass is 276 g/mol. The maximum Gasteiger partial charge on any atom is 0.184 e. The summed E-state index contributed by atoms with van der Waals surface area (Å²) >= 11 is 0. The molecule has 1 aromatic rings. The van der Waals surface area contributed by atoms with E-state index in [2.05, 4.69) is 0 Å². The summed E-state index contributed by atoms with van der Waals surface area (Å²) in [4.78, 5) is 0. The van der Waals surface area contributed by atoms with Crippen LogP contribution in [-0.4, -0.2) is 19.8 Å². The largest absolute Gasteiger partial charge is 0.497 e. The first-order chi connectivity index (χ1) is 9.85. The predicted molar refractivity (Wildman–Crippen MR) is 77.8 cm³/mol. The maximum atomic E-state index is 6.06. The van der Waals surface area contributed by atoms with Crippen molar-refractivity contribution in [2.75, 3.05) is 13.7 Å². The molecule has 0 N–H and O–H groups in total. The van der Waals surface area contributed by atoms with Gasteiger partial charge in [0.15, 0.2) is 6.29 Å². The summed E-state index contributed by atoms with van der Waals surface area (Å²) in [7, 11) is 1.68. The first-order valence-electron chi connectivity index (χ1n) is 7.76. The van der Waals surface area contributed by atoms with Crippen molar-refractivity contribution in [1.82, 2.24) is 0 Å². The molecular formula is C17H24O3. The molecular weight excluding hydrogens is 252 g/mol. The minimum absolute atomic E-state index is 0.200. The summed E-state index contributed by atoms with van der Waals surface area (Å²) in [5, 5.41) is 0. The Hall–Kier alpha value is -1.06. The van der Waals surface area contributed by atoms with Gasteiger partial charge in [0.1, 0.15) is 5.75 Å². The molecule has 0 spiro atoms. The Bertz CT molecular complexity index is 409. The average Bonchev–Trinajstić information content (AvgIpc) is 2.97. The van der Waals surface area contributed by atoms with Gasteiger partial charge in [-0.25, -0.2) is 0 Å². The first-order valence-corrected chi connectivity index (χ1v) is 7.76. The Kier molecular flexibility index (Phi) is 4.58. The van der Waals surface area contributed by atoms with Crippen molar-refractivity contribution in [2.45, 2.75) is 50.9 Å². The van der Waals surface area contributed by atoms with E-state index in [1.165, 1.54) is 32.1 Å². The van der Waals surface area contributed by atoms with Crippen LogP contribution in [0.25, 0.3) is 0 Å². The predicted octanol–water partition coefficient (Wildman–Crippen LogP) is 4.08. The summed E-state index contributed by atoms with van der Waals surface area (Å²) in [5.74, 6) is 1.71. The minimum Gasteiger partial charge on any atom is -0.497 e. The van der Waals surface area contributed by atoms with Crippen LogP contribution in [0.5, 0.6) is 5.75 Å². The molecule has 110 valence electrons. The van der Waals surface area contributed by atoms with Crippen LogP contribution in [0.4, 0.5) is 0 Å². The standard InChI is InChI=1S/C17H24O3/c1-18-15-9-7-14(8-10-15)17-19-12-16(20-17)11-13-5-3-2-4-6-13/h7-10,13,16-17H,2-6,11-12H2,1H3/t16-,17?/m0/s1. The normalized spacial score (nSPS) is 27.6. The molecule has 0 bridgehead atoms. The second kappa shape index (κ2) is 6.59. The molecule has 20 heavy (non-hydrogen) atoms. The summed E-state index contributed by atoms with van der Waals surface area (Å²) < 4.78 is 17.0. The zero-order valence-electron chi connectivity index (χ0n) is 12.2. The van der Waals surface area contributed by atoms with Crippen molar-refractivity contribution in [3.63, 3.8) is 0 Å². The molecule has 0 aromatic heterocycles. The Morgan fingerprint density at radius 3 is 2.55 bits per heavy atom. The second-order valence-corrected chi connectivity index (χ2v) is 5.94. The lowest BCUT2D eigenvalue weighted by molar-refractivity contribution is -0.0638. The highest BCUT2D eigenvalue weighted by Gasteiger charge is 2.29. The lowest BCUT2D eigenvalue weighted by Gasteiger charge is -2.23. The molecule has 1 unspecified atom stereocenters. The first kappa shape index (κ1) is 13.9. The fourth-order valence-electron chi connectivity index (χ4n) is 3.30. The van der Waals surface area contributed by atoms with Crippen LogP contribution in [0.1, 0.15) is 50.4 Å². The Morgan fingerprint density at radius 1 is 1.10 bits per heavy atom. The number of hydrogen-bond donors (Lipinski definition) is 0. The number of benzene rings is 1. The lowest BCUT2D eigenvalue weighted by Crippen LogP contribution is -2.18. The van der Waals surface area contributed by atoms with Crippen LogP contribution >= 0.6 is 0 Å². The highest BCUT2D eigenvalue weighted by Crippen LogP contribution is 2.34. The topological polar surface area (TPSA) is 27.7 Å². The zero-order chi connectivity index (χ0) is 13.8. The van der Waals surface area contributed by atoms with Crippen LogP contribution in [0.2, 0.25) is 0 Å². The number of hydrogen-bond acceptors (Lipinski definition) is 3. The zero-order valence-corrected chi connectivity index (χ0v) is 12.2. The third kappa shape index (κ3) is 3.33. The fraction of sp³-hybridized carbons (Fsp3) is 0.647. The SMILES string of the molecule is COc1ccc(C2OC[C@H](CC3CCCCC3)O2)cc1. The van der Waals surface area contributed by atoms with E-state index in [9.17, 15) is 0 Å². The van der Waals surface area contributed by atoms with Crippen molar-refractivity contribution >= 4 is 0 Å². The minimum atomic E-state index is -0.200. The summed E-state index contributed by atoms with van der Waals surface area (Å²) in [6.45, 7) is 0.729. The fourth-order valence-corrected chi connectivity index (χ4v) is 3.30. The second-order valence-electron chi connectivity index (χ2n) is 5.94. The number of ether oxygens (including phenoxy) is 3. The Labute approximate surface area is 121 Å². The molecule has 0 radical (unpaired) electrons. The van der Waals surface area contributed by atoms with Gasteiger partial charge in [0.25, 0.3) is 0 Å². The van der Waals surface area contributed by atoms with Gasteiger partial charge in [-0.1, -0.05) is 44.2 Å². The summed E-state index contributed by atoms with van der Waals surface area (Å²) in [6, 6.07) is 7.95. The van der Waals surface area contributed by atoms with Gasteiger partial charge in [-0.15, -0.1) is 0 Å². The number of rotatable bonds is 4. The van der Waals surface area contributed by atoms with E-state index < -0.39 is 0 Å². The van der Waals surface area contributed by atoms with Crippen LogP contribution in [0, 0.1) is 5.92 Å². The molecule has 1 aliphatic heterocycles. The van der Waals surface area contributed by atoms with Gasteiger partial charge >= 0.3 is 0 Å². The van der Waals surface area contributed by atoms with E-state index in [0.717, 1.165) is 30.3 Å². The van der Waals surface area contributed by atoms with Crippen LogP contribution < -0.4 is 4.74 Å². The third-order valence-corrected chi connectivity index (χ3v) is 4.46. The number of methoxy groups -OCH3 is 1. The molecule has 3 nitrogen and oxygen atoms in total. The van der Waals surface area contributed by atoms with Crippen molar-refractivity contribution in [3.05, 3.63) is 29.8 Å². The van der Waals surface area contributed by atoms with Gasteiger partial charge in [0.05, 0.1) is 19.8 Å². The highest BCUT2D eigenvalue weighted by molar-refractivity contribution is 5.28. The van der Waals surface area contributed by atoms with Gasteiger partial charge in [0.2, 0.25) is 0 Å². The maximum absolute atomic E-state index is 6.06. The third-order valence-electron chi connectivity index (χ3n) is 4.46. The van der Waals surface area contributed by atoms with Gasteiger partial charge in [-0.2, -0.15) is 0 Å². The van der Waals surface area contributed by atoms with Crippen molar-refractivity contribution in [2.24, 2.45) is 5.92 Å². The molecule has 2 aliphatic rings. The summed E-state index contributed by atoms with van der Waals surface area (Å²) in [5.41, 5.74) is 1.08. The van der Waals surface area contributed by atoms with E-state index in [1.807, 2.05) is 24.3 Å². The van der Waals surface area contributed by atoms with Crippen LogP contribution in [0.3, 0.4) is 0 Å². The van der Waals surface area contributed by atoms with Gasteiger partial charge in [-0.05, 0) is 24.5 Å². The van der Waals surface area contributed by atoms with E-state index in [-0.39, 0.29) is 12.4 Å². The Morgan fingerprint density at radius 2 is 1.85 bits per heavy atom. The van der Waals surface area contributed by atoms with Crippen molar-refractivity contribution < 1.29 is 14.2 Å². The van der Waals surface area contributed by atoms with E-state index in [1.54, 1.807) is 7.11 Å². The quantitative estimate of drug-likeness (QED) is 0.829. The van der Waals surface area contributed by atoms with E-state index in [0.29, 0.717) is 0 Å². The molecule has 1 aliphatic carbocycles. The van der Waals surface area contributed by atoms with Crippen molar-refractivity contribution in [3.8, 4) is 5.75 Å². The molecule has 2 fully saturated rings. The molecule has 1 saturated heterocycles. The highest BCUT2D eigenvalue weighted by atomic mass is 16.7. The molecule has 1 saturated carbocycles. The molecule has 0 amide bonds. The molecule has 1 aromatic carbocycles. The lowest BCUT2D eigenvalue weighted by atomic mass is 9.85. The molecule has 1 heterocycles.